The van der Waals surface area contributed by atoms with E-state index in [1.807, 2.05) is 0 Å². The molecule has 3 rings (SSSR count). The van der Waals surface area contributed by atoms with Gasteiger partial charge in [0.25, 0.3) is 0 Å². The predicted octanol–water partition coefficient (Wildman–Crippen LogP) is 2.29. The number of hydrogen-bond acceptors (Lipinski definition) is 2. The summed E-state index contributed by atoms with van der Waals surface area (Å²) in [6.45, 7) is 0.984. The molecule has 1 amide bonds. The van der Waals surface area contributed by atoms with Crippen LogP contribution in [0.4, 0.5) is 0 Å². The van der Waals surface area contributed by atoms with E-state index in [0.29, 0.717) is 24.3 Å². The molecule has 2 N–H and O–H groups in total. The van der Waals surface area contributed by atoms with E-state index in [-0.39, 0.29) is 6.04 Å². The summed E-state index contributed by atoms with van der Waals surface area (Å²) < 4.78 is 0. The molecule has 0 radical (unpaired) electrons. The molecule has 0 aromatic rings. The molecule has 1 heterocycles. The quantitative estimate of drug-likeness (QED) is 0.835. The topological polar surface area (TPSA) is 46.3 Å². The first-order valence-electron chi connectivity index (χ1n) is 7.81. The highest BCUT2D eigenvalue weighted by Crippen LogP contribution is 2.37. The maximum Gasteiger partial charge on any atom is 0.224 e. The molecule has 0 spiro atoms. The summed E-state index contributed by atoms with van der Waals surface area (Å²) in [4.78, 5) is 14.6. The molecule has 3 fully saturated rings. The number of likely N-dealkylation sites (tertiary alicyclic amines) is 1. The predicted molar refractivity (Wildman–Crippen MR) is 72.0 cm³/mol. The van der Waals surface area contributed by atoms with E-state index in [0.717, 1.165) is 12.5 Å². The fourth-order valence-corrected chi connectivity index (χ4v) is 3.94. The van der Waals surface area contributed by atoms with E-state index >= 15 is 0 Å². The van der Waals surface area contributed by atoms with Crippen LogP contribution >= 0.6 is 0 Å². The molecule has 0 aromatic carbocycles. The Morgan fingerprint density at radius 1 is 1.11 bits per heavy atom. The molecular formula is C15H26N2O. The fraction of sp³-hybridized carbons (Fsp3) is 0.933. The Bertz CT molecular complexity index is 312. The second-order valence-corrected chi connectivity index (χ2v) is 6.55. The number of nitrogens with zero attached hydrogens (tertiary/aromatic N) is 1. The van der Waals surface area contributed by atoms with Crippen LogP contribution in [0.3, 0.4) is 0 Å². The van der Waals surface area contributed by atoms with Gasteiger partial charge in [-0.2, -0.15) is 0 Å². The Hall–Kier alpha value is -0.570. The summed E-state index contributed by atoms with van der Waals surface area (Å²) in [5.41, 5.74) is 6.11. The van der Waals surface area contributed by atoms with Gasteiger partial charge in [-0.05, 0) is 50.4 Å². The molecular weight excluding hydrogens is 224 g/mol. The van der Waals surface area contributed by atoms with Crippen molar-refractivity contribution in [1.82, 2.24) is 4.90 Å². The van der Waals surface area contributed by atoms with Crippen molar-refractivity contribution in [2.75, 3.05) is 6.54 Å². The molecule has 3 unspecified atom stereocenters. The normalized spacial score (nSPS) is 33.9. The minimum absolute atomic E-state index is 0.126. The van der Waals surface area contributed by atoms with Crippen molar-refractivity contribution in [3.05, 3.63) is 0 Å². The van der Waals surface area contributed by atoms with Crippen LogP contribution in [0.1, 0.15) is 57.8 Å². The number of amides is 1. The van der Waals surface area contributed by atoms with Crippen LogP contribution < -0.4 is 5.73 Å². The molecule has 2 saturated carbocycles. The smallest absolute Gasteiger partial charge is 0.224 e. The average molecular weight is 250 g/mol. The minimum Gasteiger partial charge on any atom is -0.339 e. The zero-order chi connectivity index (χ0) is 12.5. The highest BCUT2D eigenvalue weighted by atomic mass is 16.2. The number of carbonyl (C=O) groups is 1. The molecule has 0 bridgehead atoms. The lowest BCUT2D eigenvalue weighted by molar-refractivity contribution is -0.138. The van der Waals surface area contributed by atoms with Crippen LogP contribution in [0.15, 0.2) is 0 Å². The first-order chi connectivity index (χ1) is 8.75. The van der Waals surface area contributed by atoms with E-state index in [1.165, 1.54) is 51.4 Å². The minimum atomic E-state index is 0.126. The lowest BCUT2D eigenvalue weighted by atomic mass is 9.78. The van der Waals surface area contributed by atoms with Gasteiger partial charge in [0.1, 0.15) is 0 Å². The van der Waals surface area contributed by atoms with Gasteiger partial charge in [-0.15, -0.1) is 0 Å². The monoisotopic (exact) mass is 250 g/mol. The molecule has 1 saturated heterocycles. The van der Waals surface area contributed by atoms with Gasteiger partial charge < -0.3 is 10.6 Å². The standard InChI is InChI=1S/C15H26N2O/c16-13(11-7-8-11)10-15(18)17-9-3-5-12-4-1-2-6-14(12)17/h11-14H,1-10,16H2. The fourth-order valence-electron chi connectivity index (χ4n) is 3.94. The van der Waals surface area contributed by atoms with Crippen molar-refractivity contribution >= 4 is 5.91 Å². The summed E-state index contributed by atoms with van der Waals surface area (Å²) in [6.07, 6.45) is 10.8. The van der Waals surface area contributed by atoms with Crippen molar-refractivity contribution in [3.8, 4) is 0 Å². The summed E-state index contributed by atoms with van der Waals surface area (Å²) in [5, 5.41) is 0. The van der Waals surface area contributed by atoms with Crippen molar-refractivity contribution in [2.24, 2.45) is 17.6 Å². The number of rotatable bonds is 3. The molecule has 0 aromatic heterocycles. The molecule has 102 valence electrons. The van der Waals surface area contributed by atoms with Crippen molar-refractivity contribution < 1.29 is 4.79 Å². The second-order valence-electron chi connectivity index (χ2n) is 6.55. The highest BCUT2D eigenvalue weighted by molar-refractivity contribution is 5.77. The Morgan fingerprint density at radius 2 is 1.83 bits per heavy atom. The zero-order valence-electron chi connectivity index (χ0n) is 11.3. The van der Waals surface area contributed by atoms with E-state index in [4.69, 9.17) is 5.73 Å². The first-order valence-corrected chi connectivity index (χ1v) is 7.81. The summed E-state index contributed by atoms with van der Waals surface area (Å²) >= 11 is 0. The van der Waals surface area contributed by atoms with Gasteiger partial charge in [0.05, 0.1) is 0 Å². The first kappa shape index (κ1) is 12.5. The van der Waals surface area contributed by atoms with Gasteiger partial charge in [0, 0.05) is 25.0 Å². The number of fused-ring (bicyclic) bond motifs is 1. The zero-order valence-corrected chi connectivity index (χ0v) is 11.3. The van der Waals surface area contributed by atoms with Crippen LogP contribution in [-0.2, 0) is 4.79 Å². The van der Waals surface area contributed by atoms with E-state index in [9.17, 15) is 4.79 Å². The average Bonchev–Trinajstić information content (AvgIpc) is 3.22. The van der Waals surface area contributed by atoms with Gasteiger partial charge in [0.15, 0.2) is 0 Å². The Balaban J connectivity index is 1.60. The van der Waals surface area contributed by atoms with Crippen molar-refractivity contribution in [1.29, 1.82) is 0 Å². The maximum absolute atomic E-state index is 12.4. The SMILES string of the molecule is NC(CC(=O)N1CCCC2CCCCC21)C1CC1. The highest BCUT2D eigenvalue weighted by Gasteiger charge is 2.37. The number of nitrogens with two attached hydrogens (primary N) is 1. The van der Waals surface area contributed by atoms with Gasteiger partial charge in [-0.3, -0.25) is 4.79 Å². The third-order valence-electron chi connectivity index (χ3n) is 5.20. The maximum atomic E-state index is 12.4. The van der Waals surface area contributed by atoms with Crippen molar-refractivity contribution in [2.45, 2.75) is 69.9 Å². The third-order valence-corrected chi connectivity index (χ3v) is 5.20. The van der Waals surface area contributed by atoms with Crippen LogP contribution in [0.5, 0.6) is 0 Å². The number of piperidine rings is 1. The third kappa shape index (κ3) is 2.56. The Morgan fingerprint density at radius 3 is 2.61 bits per heavy atom. The van der Waals surface area contributed by atoms with E-state index in [2.05, 4.69) is 4.90 Å². The summed E-state index contributed by atoms with van der Waals surface area (Å²) in [5.74, 6) is 1.76. The Labute approximate surface area is 110 Å². The van der Waals surface area contributed by atoms with Crippen LogP contribution in [0.25, 0.3) is 0 Å². The molecule has 3 heteroatoms. The van der Waals surface area contributed by atoms with Crippen LogP contribution in [0, 0.1) is 11.8 Å². The lowest BCUT2D eigenvalue weighted by Gasteiger charge is -2.44. The van der Waals surface area contributed by atoms with Crippen LogP contribution in [0.2, 0.25) is 0 Å². The second kappa shape index (κ2) is 5.20. The van der Waals surface area contributed by atoms with E-state index < -0.39 is 0 Å². The largest absolute Gasteiger partial charge is 0.339 e. The van der Waals surface area contributed by atoms with Crippen LogP contribution in [-0.4, -0.2) is 29.4 Å². The molecule has 2 aliphatic carbocycles. The number of hydrogen-bond donors (Lipinski definition) is 1. The van der Waals surface area contributed by atoms with Gasteiger partial charge in [0.2, 0.25) is 5.91 Å². The molecule has 3 atom stereocenters. The summed E-state index contributed by atoms with van der Waals surface area (Å²) in [7, 11) is 0. The molecule has 1 aliphatic heterocycles. The van der Waals surface area contributed by atoms with Gasteiger partial charge in [-0.25, -0.2) is 0 Å². The van der Waals surface area contributed by atoms with Crippen molar-refractivity contribution in [3.63, 3.8) is 0 Å². The van der Waals surface area contributed by atoms with E-state index in [1.54, 1.807) is 0 Å². The number of carbonyl (C=O) groups excluding carboxylic acids is 1. The van der Waals surface area contributed by atoms with Gasteiger partial charge >= 0.3 is 0 Å². The lowest BCUT2D eigenvalue weighted by Crippen LogP contribution is -2.50. The molecule has 18 heavy (non-hydrogen) atoms. The molecule has 3 aliphatic rings. The Kier molecular flexibility index (Phi) is 3.60. The summed E-state index contributed by atoms with van der Waals surface area (Å²) in [6, 6.07) is 0.674. The molecule has 3 nitrogen and oxygen atoms in total. The van der Waals surface area contributed by atoms with Gasteiger partial charge in [-0.1, -0.05) is 12.8 Å².